The van der Waals surface area contributed by atoms with Crippen molar-refractivity contribution in [2.75, 3.05) is 0 Å². The summed E-state index contributed by atoms with van der Waals surface area (Å²) in [7, 11) is 0. The van der Waals surface area contributed by atoms with Crippen LogP contribution in [0.1, 0.15) is 64.4 Å². The highest BCUT2D eigenvalue weighted by molar-refractivity contribution is 5.26. The lowest BCUT2D eigenvalue weighted by molar-refractivity contribution is 0.0384. The lowest BCUT2D eigenvalue weighted by Gasteiger charge is -2.38. The second-order valence-corrected chi connectivity index (χ2v) is 8.39. The molecule has 3 rings (SSSR count). The standard InChI is InChI=1S/C20H30O/c1-20(2,3)16-11-9-15(10-12-16)19(21)18-13-17(18)14-7-5-4-6-8-14/h4-8,15-19,21H,9-13H2,1-3H3. The maximum atomic E-state index is 10.7. The van der Waals surface area contributed by atoms with Gasteiger partial charge in [0, 0.05) is 0 Å². The minimum Gasteiger partial charge on any atom is -0.393 e. The van der Waals surface area contributed by atoms with Crippen LogP contribution in [0.15, 0.2) is 30.3 Å². The molecule has 0 radical (unpaired) electrons. The van der Waals surface area contributed by atoms with Crippen LogP contribution in [0.4, 0.5) is 0 Å². The maximum absolute atomic E-state index is 10.7. The van der Waals surface area contributed by atoms with E-state index in [0.717, 1.165) is 5.92 Å². The van der Waals surface area contributed by atoms with Crippen LogP contribution >= 0.6 is 0 Å². The van der Waals surface area contributed by atoms with Gasteiger partial charge in [0.15, 0.2) is 0 Å². The molecule has 116 valence electrons. The van der Waals surface area contributed by atoms with Crippen LogP contribution in [0.5, 0.6) is 0 Å². The quantitative estimate of drug-likeness (QED) is 0.828. The fourth-order valence-electron chi connectivity index (χ4n) is 4.35. The molecule has 0 bridgehead atoms. The normalized spacial score (nSPS) is 34.5. The van der Waals surface area contributed by atoms with E-state index in [-0.39, 0.29) is 6.10 Å². The van der Waals surface area contributed by atoms with E-state index in [2.05, 4.69) is 51.1 Å². The summed E-state index contributed by atoms with van der Waals surface area (Å²) in [6.45, 7) is 7.09. The van der Waals surface area contributed by atoms with Gasteiger partial charge < -0.3 is 5.11 Å². The Bertz CT molecular complexity index is 450. The number of benzene rings is 1. The summed E-state index contributed by atoms with van der Waals surface area (Å²) >= 11 is 0. The molecule has 0 spiro atoms. The Hall–Kier alpha value is -0.820. The first-order chi connectivity index (χ1) is 9.97. The summed E-state index contributed by atoms with van der Waals surface area (Å²) in [5.41, 5.74) is 1.85. The summed E-state index contributed by atoms with van der Waals surface area (Å²) in [6, 6.07) is 10.7. The number of hydrogen-bond donors (Lipinski definition) is 1. The first-order valence-electron chi connectivity index (χ1n) is 8.70. The number of aliphatic hydroxyl groups excluding tert-OH is 1. The molecule has 1 aromatic carbocycles. The minimum atomic E-state index is -0.0730. The van der Waals surface area contributed by atoms with Crippen molar-refractivity contribution in [3.05, 3.63) is 35.9 Å². The van der Waals surface area contributed by atoms with E-state index in [1.165, 1.54) is 37.7 Å². The van der Waals surface area contributed by atoms with E-state index in [1.54, 1.807) is 0 Å². The van der Waals surface area contributed by atoms with Crippen LogP contribution in [0.2, 0.25) is 0 Å². The van der Waals surface area contributed by atoms with Crippen molar-refractivity contribution >= 4 is 0 Å². The third kappa shape index (κ3) is 3.34. The van der Waals surface area contributed by atoms with Crippen molar-refractivity contribution in [1.82, 2.24) is 0 Å². The van der Waals surface area contributed by atoms with Crippen LogP contribution in [0.25, 0.3) is 0 Å². The predicted molar refractivity (Wildman–Crippen MR) is 88.2 cm³/mol. The molecule has 1 aromatic rings. The van der Waals surface area contributed by atoms with Gasteiger partial charge in [-0.3, -0.25) is 0 Å². The van der Waals surface area contributed by atoms with Gasteiger partial charge >= 0.3 is 0 Å². The summed E-state index contributed by atoms with van der Waals surface area (Å²) in [6.07, 6.45) is 6.16. The summed E-state index contributed by atoms with van der Waals surface area (Å²) in [4.78, 5) is 0. The Kier molecular flexibility index (Phi) is 4.14. The monoisotopic (exact) mass is 286 g/mol. The zero-order valence-corrected chi connectivity index (χ0v) is 13.8. The topological polar surface area (TPSA) is 20.2 Å². The molecule has 0 heterocycles. The molecule has 1 nitrogen and oxygen atoms in total. The van der Waals surface area contributed by atoms with Gasteiger partial charge in [0.2, 0.25) is 0 Å². The number of rotatable bonds is 3. The summed E-state index contributed by atoms with van der Waals surface area (Å²) in [5.74, 6) is 2.51. The Morgan fingerprint density at radius 1 is 1.00 bits per heavy atom. The first-order valence-corrected chi connectivity index (χ1v) is 8.70. The molecule has 3 atom stereocenters. The highest BCUT2D eigenvalue weighted by atomic mass is 16.3. The van der Waals surface area contributed by atoms with Crippen LogP contribution in [-0.4, -0.2) is 11.2 Å². The summed E-state index contributed by atoms with van der Waals surface area (Å²) in [5, 5.41) is 10.7. The SMILES string of the molecule is CC(C)(C)C1CCC(C(O)C2CC2c2ccccc2)CC1. The van der Waals surface area contributed by atoms with Crippen LogP contribution in [0, 0.1) is 23.2 Å². The van der Waals surface area contributed by atoms with Crippen molar-refractivity contribution in [1.29, 1.82) is 0 Å². The van der Waals surface area contributed by atoms with Gasteiger partial charge in [0.05, 0.1) is 6.10 Å². The van der Waals surface area contributed by atoms with E-state index in [4.69, 9.17) is 0 Å². The third-order valence-corrected chi connectivity index (χ3v) is 5.99. The van der Waals surface area contributed by atoms with Gasteiger partial charge in [-0.2, -0.15) is 0 Å². The molecular formula is C20H30O. The second-order valence-electron chi connectivity index (χ2n) is 8.39. The zero-order chi connectivity index (χ0) is 15.0. The maximum Gasteiger partial charge on any atom is 0.0602 e. The van der Waals surface area contributed by atoms with E-state index in [1.807, 2.05) is 0 Å². The van der Waals surface area contributed by atoms with Crippen molar-refractivity contribution < 1.29 is 5.11 Å². The molecule has 0 saturated heterocycles. The average Bonchev–Trinajstić information content (AvgIpc) is 3.27. The highest BCUT2D eigenvalue weighted by Crippen LogP contribution is 2.53. The Balaban J connectivity index is 1.53. The fourth-order valence-corrected chi connectivity index (χ4v) is 4.35. The molecule has 1 heteroatoms. The van der Waals surface area contributed by atoms with Crippen molar-refractivity contribution in [3.8, 4) is 0 Å². The molecule has 2 saturated carbocycles. The van der Waals surface area contributed by atoms with Gasteiger partial charge in [-0.15, -0.1) is 0 Å². The minimum absolute atomic E-state index is 0.0730. The van der Waals surface area contributed by atoms with Gasteiger partial charge in [-0.1, -0.05) is 51.1 Å². The molecule has 21 heavy (non-hydrogen) atoms. The molecule has 0 aliphatic heterocycles. The van der Waals surface area contributed by atoms with Crippen LogP contribution in [0.3, 0.4) is 0 Å². The third-order valence-electron chi connectivity index (χ3n) is 5.99. The van der Waals surface area contributed by atoms with E-state index in [9.17, 15) is 5.11 Å². The molecule has 3 unspecified atom stereocenters. The first kappa shape index (κ1) is 15.1. The Labute approximate surface area is 129 Å². The van der Waals surface area contributed by atoms with E-state index in [0.29, 0.717) is 23.2 Å². The van der Waals surface area contributed by atoms with Gasteiger partial charge in [-0.05, 0) is 66.8 Å². The molecular weight excluding hydrogens is 256 g/mol. The van der Waals surface area contributed by atoms with E-state index < -0.39 is 0 Å². The smallest absolute Gasteiger partial charge is 0.0602 e. The van der Waals surface area contributed by atoms with Gasteiger partial charge in [0.25, 0.3) is 0 Å². The number of hydrogen-bond acceptors (Lipinski definition) is 1. The molecule has 2 aliphatic rings. The van der Waals surface area contributed by atoms with Gasteiger partial charge in [0.1, 0.15) is 0 Å². The predicted octanol–water partition coefficient (Wildman–Crippen LogP) is 5.00. The number of aliphatic hydroxyl groups is 1. The zero-order valence-electron chi connectivity index (χ0n) is 13.8. The Morgan fingerprint density at radius 3 is 2.19 bits per heavy atom. The van der Waals surface area contributed by atoms with Crippen molar-refractivity contribution in [3.63, 3.8) is 0 Å². The highest BCUT2D eigenvalue weighted by Gasteiger charge is 2.46. The summed E-state index contributed by atoms with van der Waals surface area (Å²) < 4.78 is 0. The van der Waals surface area contributed by atoms with Crippen molar-refractivity contribution in [2.24, 2.45) is 23.2 Å². The van der Waals surface area contributed by atoms with E-state index >= 15 is 0 Å². The fraction of sp³-hybridized carbons (Fsp3) is 0.700. The second kappa shape index (κ2) is 5.76. The Morgan fingerprint density at radius 2 is 1.62 bits per heavy atom. The average molecular weight is 286 g/mol. The van der Waals surface area contributed by atoms with Crippen LogP contribution in [-0.2, 0) is 0 Å². The molecule has 2 fully saturated rings. The molecule has 2 aliphatic carbocycles. The van der Waals surface area contributed by atoms with Crippen LogP contribution < -0.4 is 0 Å². The molecule has 0 aromatic heterocycles. The molecule has 1 N–H and O–H groups in total. The lowest BCUT2D eigenvalue weighted by atomic mass is 9.68. The largest absolute Gasteiger partial charge is 0.393 e. The molecule has 0 amide bonds. The van der Waals surface area contributed by atoms with Crippen molar-refractivity contribution in [2.45, 2.75) is 64.9 Å². The lowest BCUT2D eigenvalue weighted by Crippen LogP contribution is -2.32. The van der Waals surface area contributed by atoms with Gasteiger partial charge in [-0.25, -0.2) is 0 Å².